The highest BCUT2D eigenvalue weighted by molar-refractivity contribution is 5.94. The van der Waals surface area contributed by atoms with Crippen molar-refractivity contribution in [2.75, 3.05) is 6.79 Å². The number of benzene rings is 3. The van der Waals surface area contributed by atoms with Gasteiger partial charge in [0.1, 0.15) is 5.82 Å². The molecule has 3 aromatic rings. The number of halogens is 1. The fourth-order valence-corrected chi connectivity index (χ4v) is 3.20. The van der Waals surface area contributed by atoms with Gasteiger partial charge in [0.05, 0.1) is 0 Å². The summed E-state index contributed by atoms with van der Waals surface area (Å²) in [5.41, 5.74) is 3.11. The Bertz CT molecular complexity index is 1120. The minimum absolute atomic E-state index is 0.158. The highest BCUT2D eigenvalue weighted by Gasteiger charge is 2.16. The lowest BCUT2D eigenvalue weighted by Crippen LogP contribution is -2.34. The van der Waals surface area contributed by atoms with Crippen molar-refractivity contribution in [2.45, 2.75) is 19.6 Å². The zero-order valence-electron chi connectivity index (χ0n) is 17.2. The number of urea groups is 1. The second-order valence-electron chi connectivity index (χ2n) is 7.23. The SMILES string of the molecule is O=C(NCc1ccc(F)cc1)NCc1cccc(CNC(=O)c2ccc3c(c2)OCO3)c1. The molecule has 0 radical (unpaired) electrons. The van der Waals surface area contributed by atoms with E-state index in [4.69, 9.17) is 9.47 Å². The molecule has 0 spiro atoms. The molecule has 0 aromatic heterocycles. The van der Waals surface area contributed by atoms with E-state index >= 15 is 0 Å². The molecule has 0 atom stereocenters. The van der Waals surface area contributed by atoms with E-state index in [9.17, 15) is 14.0 Å². The number of carbonyl (C=O) groups excluding carboxylic acids is 2. The Morgan fingerprint density at radius 3 is 2.16 bits per heavy atom. The van der Waals surface area contributed by atoms with Crippen molar-refractivity contribution < 1.29 is 23.5 Å². The van der Waals surface area contributed by atoms with Gasteiger partial charge in [-0.3, -0.25) is 4.79 Å². The van der Waals surface area contributed by atoms with Crippen molar-refractivity contribution in [3.63, 3.8) is 0 Å². The van der Waals surface area contributed by atoms with Gasteiger partial charge in [-0.2, -0.15) is 0 Å². The van der Waals surface area contributed by atoms with Crippen LogP contribution in [0.4, 0.5) is 9.18 Å². The van der Waals surface area contributed by atoms with E-state index in [0.717, 1.165) is 16.7 Å². The molecule has 7 nitrogen and oxygen atoms in total. The van der Waals surface area contributed by atoms with Gasteiger partial charge in [-0.1, -0.05) is 36.4 Å². The molecule has 1 aliphatic heterocycles. The average molecular weight is 435 g/mol. The van der Waals surface area contributed by atoms with E-state index in [0.29, 0.717) is 36.7 Å². The van der Waals surface area contributed by atoms with Crippen LogP contribution in [0.1, 0.15) is 27.0 Å². The van der Waals surface area contributed by atoms with Crippen molar-refractivity contribution in [1.82, 2.24) is 16.0 Å². The normalized spacial score (nSPS) is 11.7. The molecule has 1 heterocycles. The van der Waals surface area contributed by atoms with Gasteiger partial charge in [0.15, 0.2) is 11.5 Å². The number of fused-ring (bicyclic) bond motifs is 1. The molecule has 4 rings (SSSR count). The molecule has 0 aliphatic carbocycles. The lowest BCUT2D eigenvalue weighted by Gasteiger charge is -2.10. The van der Waals surface area contributed by atoms with Crippen LogP contribution in [-0.4, -0.2) is 18.7 Å². The number of hydrogen-bond acceptors (Lipinski definition) is 4. The molecule has 32 heavy (non-hydrogen) atoms. The summed E-state index contributed by atoms with van der Waals surface area (Å²) < 4.78 is 23.5. The summed E-state index contributed by atoms with van der Waals surface area (Å²) in [6.07, 6.45) is 0. The van der Waals surface area contributed by atoms with Gasteiger partial charge in [-0.25, -0.2) is 9.18 Å². The molecule has 0 saturated heterocycles. The fraction of sp³-hybridized carbons (Fsp3) is 0.167. The Morgan fingerprint density at radius 1 is 0.750 bits per heavy atom. The van der Waals surface area contributed by atoms with Gasteiger partial charge in [0.25, 0.3) is 5.91 Å². The molecule has 164 valence electrons. The number of rotatable bonds is 7. The number of amides is 3. The highest BCUT2D eigenvalue weighted by Crippen LogP contribution is 2.32. The van der Waals surface area contributed by atoms with Crippen molar-refractivity contribution in [3.05, 3.63) is 94.8 Å². The van der Waals surface area contributed by atoms with E-state index in [2.05, 4.69) is 16.0 Å². The van der Waals surface area contributed by atoms with E-state index in [1.54, 1.807) is 30.3 Å². The van der Waals surface area contributed by atoms with Crippen molar-refractivity contribution in [2.24, 2.45) is 0 Å². The summed E-state index contributed by atoms with van der Waals surface area (Å²) in [6, 6.07) is 18.3. The van der Waals surface area contributed by atoms with Crippen molar-refractivity contribution >= 4 is 11.9 Å². The van der Waals surface area contributed by atoms with Crippen LogP contribution in [0, 0.1) is 5.82 Å². The van der Waals surface area contributed by atoms with Gasteiger partial charge in [-0.15, -0.1) is 0 Å². The first kappa shape index (κ1) is 21.2. The van der Waals surface area contributed by atoms with Crippen LogP contribution in [0.2, 0.25) is 0 Å². The topological polar surface area (TPSA) is 88.7 Å². The van der Waals surface area contributed by atoms with Gasteiger partial charge in [0, 0.05) is 25.2 Å². The fourth-order valence-electron chi connectivity index (χ4n) is 3.20. The zero-order chi connectivity index (χ0) is 22.3. The molecule has 3 amide bonds. The van der Waals surface area contributed by atoms with Gasteiger partial charge in [-0.05, 0) is 47.0 Å². The minimum Gasteiger partial charge on any atom is -0.454 e. The predicted molar refractivity (Wildman–Crippen MR) is 116 cm³/mol. The molecular weight excluding hydrogens is 413 g/mol. The summed E-state index contributed by atoms with van der Waals surface area (Å²) in [5, 5.41) is 8.40. The Morgan fingerprint density at radius 2 is 1.41 bits per heavy atom. The number of hydrogen-bond donors (Lipinski definition) is 3. The standard InChI is InChI=1S/C24H22FN3O4/c25-20-7-4-16(5-8-20)12-27-24(30)28-14-18-3-1-2-17(10-18)13-26-23(29)19-6-9-21-22(11-19)32-15-31-21/h1-11H,12-15H2,(H,26,29)(H2,27,28,30). The molecule has 3 N–H and O–H groups in total. The molecule has 8 heteroatoms. The van der Waals surface area contributed by atoms with Gasteiger partial charge < -0.3 is 25.4 Å². The monoisotopic (exact) mass is 435 g/mol. The molecule has 0 bridgehead atoms. The second kappa shape index (κ2) is 9.82. The van der Waals surface area contributed by atoms with Gasteiger partial charge in [0.2, 0.25) is 6.79 Å². The Kier molecular flexibility index (Phi) is 6.50. The Hall–Kier alpha value is -4.07. The van der Waals surface area contributed by atoms with E-state index in [1.807, 2.05) is 24.3 Å². The van der Waals surface area contributed by atoms with Crippen LogP contribution in [0.3, 0.4) is 0 Å². The smallest absolute Gasteiger partial charge is 0.315 e. The van der Waals surface area contributed by atoms with Crippen LogP contribution in [0.5, 0.6) is 11.5 Å². The summed E-state index contributed by atoms with van der Waals surface area (Å²) >= 11 is 0. The van der Waals surface area contributed by atoms with Crippen molar-refractivity contribution in [3.8, 4) is 11.5 Å². The van der Waals surface area contributed by atoms with Crippen LogP contribution in [0.25, 0.3) is 0 Å². The van der Waals surface area contributed by atoms with E-state index in [-0.39, 0.29) is 24.5 Å². The predicted octanol–water partition coefficient (Wildman–Crippen LogP) is 3.48. The summed E-state index contributed by atoms with van der Waals surface area (Å²) in [4.78, 5) is 24.5. The van der Waals surface area contributed by atoms with Gasteiger partial charge >= 0.3 is 6.03 Å². The summed E-state index contributed by atoms with van der Waals surface area (Å²) in [7, 11) is 0. The number of nitrogens with one attached hydrogen (secondary N) is 3. The Labute approximate surface area is 184 Å². The zero-order valence-corrected chi connectivity index (χ0v) is 17.2. The maximum absolute atomic E-state index is 12.9. The first-order valence-corrected chi connectivity index (χ1v) is 10.1. The Balaban J connectivity index is 1.24. The molecular formula is C24H22FN3O4. The van der Waals surface area contributed by atoms with E-state index in [1.165, 1.54) is 12.1 Å². The minimum atomic E-state index is -0.323. The second-order valence-corrected chi connectivity index (χ2v) is 7.23. The van der Waals surface area contributed by atoms with Crippen LogP contribution in [0.15, 0.2) is 66.7 Å². The lowest BCUT2D eigenvalue weighted by molar-refractivity contribution is 0.0950. The summed E-state index contributed by atoms with van der Waals surface area (Å²) in [5.74, 6) is 0.657. The number of carbonyl (C=O) groups is 2. The average Bonchev–Trinajstić information content (AvgIpc) is 3.29. The largest absolute Gasteiger partial charge is 0.454 e. The number of ether oxygens (including phenoxy) is 2. The lowest BCUT2D eigenvalue weighted by atomic mass is 10.1. The third-order valence-electron chi connectivity index (χ3n) is 4.90. The molecule has 0 saturated carbocycles. The molecule has 3 aromatic carbocycles. The quantitative estimate of drug-likeness (QED) is 0.530. The van der Waals surface area contributed by atoms with E-state index < -0.39 is 0 Å². The maximum Gasteiger partial charge on any atom is 0.315 e. The third kappa shape index (κ3) is 5.54. The summed E-state index contributed by atoms with van der Waals surface area (Å²) in [6.45, 7) is 1.14. The van der Waals surface area contributed by atoms with Crippen LogP contribution in [-0.2, 0) is 19.6 Å². The van der Waals surface area contributed by atoms with Crippen LogP contribution >= 0.6 is 0 Å². The molecule has 0 unspecified atom stereocenters. The molecule has 0 fully saturated rings. The van der Waals surface area contributed by atoms with Crippen molar-refractivity contribution in [1.29, 1.82) is 0 Å². The molecule has 1 aliphatic rings. The third-order valence-corrected chi connectivity index (χ3v) is 4.90. The first-order valence-electron chi connectivity index (χ1n) is 10.1. The maximum atomic E-state index is 12.9. The van der Waals surface area contributed by atoms with Crippen LogP contribution < -0.4 is 25.4 Å². The first-order chi connectivity index (χ1) is 15.6. The highest BCUT2D eigenvalue weighted by atomic mass is 19.1.